The second-order valence-electron chi connectivity index (χ2n) is 6.81. The third kappa shape index (κ3) is 5.03. The van der Waals surface area contributed by atoms with Gasteiger partial charge in [0, 0.05) is 18.0 Å². The first-order chi connectivity index (χ1) is 14.0. The van der Waals surface area contributed by atoms with Crippen LogP contribution in [0.5, 0.6) is 11.5 Å². The van der Waals surface area contributed by atoms with Crippen LogP contribution in [0.25, 0.3) is 0 Å². The average Bonchev–Trinajstić information content (AvgIpc) is 3.28. The highest BCUT2D eigenvalue weighted by Crippen LogP contribution is 2.34. The fourth-order valence-corrected chi connectivity index (χ4v) is 4.15. The summed E-state index contributed by atoms with van der Waals surface area (Å²) in [6.45, 7) is 3.38. The van der Waals surface area contributed by atoms with Crippen molar-refractivity contribution >= 4 is 29.3 Å². The maximum Gasteiger partial charge on any atom is 0.255 e. The first-order valence-corrected chi connectivity index (χ1v) is 10.5. The molecule has 1 aliphatic heterocycles. The molecule has 1 aliphatic rings. The summed E-state index contributed by atoms with van der Waals surface area (Å²) in [5.41, 5.74) is 1.08. The van der Waals surface area contributed by atoms with Gasteiger partial charge < -0.3 is 19.7 Å². The molecule has 7 heteroatoms. The molecule has 1 N–H and O–H groups in total. The predicted molar refractivity (Wildman–Crippen MR) is 115 cm³/mol. The predicted octanol–water partition coefficient (Wildman–Crippen LogP) is 4.06. The van der Waals surface area contributed by atoms with Crippen LogP contribution in [0, 0.1) is 0 Å². The lowest BCUT2D eigenvalue weighted by Gasteiger charge is -2.19. The maximum absolute atomic E-state index is 12.8. The van der Waals surface area contributed by atoms with E-state index in [1.165, 1.54) is 11.8 Å². The van der Waals surface area contributed by atoms with Crippen LogP contribution in [0.15, 0.2) is 47.4 Å². The molecule has 0 unspecified atom stereocenters. The van der Waals surface area contributed by atoms with Crippen molar-refractivity contribution in [1.82, 2.24) is 4.90 Å². The minimum atomic E-state index is -0.358. The van der Waals surface area contributed by atoms with Gasteiger partial charge in [0.25, 0.3) is 5.91 Å². The van der Waals surface area contributed by atoms with E-state index in [0.29, 0.717) is 22.7 Å². The summed E-state index contributed by atoms with van der Waals surface area (Å²) in [4.78, 5) is 28.3. The molecule has 0 aromatic heterocycles. The molecule has 2 aromatic carbocycles. The summed E-state index contributed by atoms with van der Waals surface area (Å²) in [6, 6.07) is 12.7. The normalized spacial score (nSPS) is 14.4. The maximum atomic E-state index is 12.8. The van der Waals surface area contributed by atoms with E-state index in [2.05, 4.69) is 5.32 Å². The number of benzene rings is 2. The van der Waals surface area contributed by atoms with Crippen LogP contribution in [-0.2, 0) is 4.79 Å². The number of amides is 2. The van der Waals surface area contributed by atoms with Crippen LogP contribution in [-0.4, -0.2) is 49.3 Å². The lowest BCUT2D eigenvalue weighted by Crippen LogP contribution is -2.29. The largest absolute Gasteiger partial charge is 0.493 e. The van der Waals surface area contributed by atoms with Gasteiger partial charge in [-0.15, -0.1) is 11.8 Å². The van der Waals surface area contributed by atoms with Crippen molar-refractivity contribution in [3.63, 3.8) is 0 Å². The highest BCUT2D eigenvalue weighted by Gasteiger charge is 2.23. The van der Waals surface area contributed by atoms with Crippen molar-refractivity contribution in [3.8, 4) is 11.5 Å². The second-order valence-corrected chi connectivity index (χ2v) is 8.23. The first-order valence-electron chi connectivity index (χ1n) is 9.61. The lowest BCUT2D eigenvalue weighted by atomic mass is 10.1. The zero-order valence-electron chi connectivity index (χ0n) is 16.9. The standard InChI is InChI=1S/C22H26N2O4S/c1-15(29-16-10-11-19(27-2)20(14-16)28-3)21(25)23-18-9-5-4-8-17(18)22(26)24-12-6-7-13-24/h4-5,8-11,14-15H,6-7,12-13H2,1-3H3,(H,23,25)/t15-/m1/s1. The number of hydrogen-bond donors (Lipinski definition) is 1. The van der Waals surface area contributed by atoms with E-state index in [-0.39, 0.29) is 17.1 Å². The number of likely N-dealkylation sites (tertiary alicyclic amines) is 1. The number of ether oxygens (including phenoxy) is 2. The monoisotopic (exact) mass is 414 g/mol. The Morgan fingerprint density at radius 3 is 2.41 bits per heavy atom. The molecule has 29 heavy (non-hydrogen) atoms. The Morgan fingerprint density at radius 2 is 1.72 bits per heavy atom. The number of methoxy groups -OCH3 is 2. The van der Waals surface area contributed by atoms with Gasteiger partial charge in [-0.2, -0.15) is 0 Å². The average molecular weight is 415 g/mol. The summed E-state index contributed by atoms with van der Waals surface area (Å²) in [7, 11) is 3.17. The van der Waals surface area contributed by atoms with Crippen molar-refractivity contribution in [1.29, 1.82) is 0 Å². The molecule has 1 saturated heterocycles. The molecule has 3 rings (SSSR count). The lowest BCUT2D eigenvalue weighted by molar-refractivity contribution is -0.115. The number of anilines is 1. The van der Waals surface area contributed by atoms with E-state index in [9.17, 15) is 9.59 Å². The van der Waals surface area contributed by atoms with Gasteiger partial charge in [-0.3, -0.25) is 9.59 Å². The molecule has 0 spiro atoms. The quantitative estimate of drug-likeness (QED) is 0.692. The topological polar surface area (TPSA) is 67.9 Å². The molecule has 0 radical (unpaired) electrons. The molecule has 1 fully saturated rings. The third-order valence-corrected chi connectivity index (χ3v) is 5.94. The van der Waals surface area contributed by atoms with Gasteiger partial charge in [0.05, 0.1) is 30.7 Å². The van der Waals surface area contributed by atoms with Gasteiger partial charge in [-0.05, 0) is 50.1 Å². The summed E-state index contributed by atoms with van der Waals surface area (Å²) in [5, 5.41) is 2.56. The van der Waals surface area contributed by atoms with Crippen LogP contribution < -0.4 is 14.8 Å². The van der Waals surface area contributed by atoms with Crippen molar-refractivity contribution < 1.29 is 19.1 Å². The van der Waals surface area contributed by atoms with Crippen molar-refractivity contribution in [3.05, 3.63) is 48.0 Å². The number of rotatable bonds is 7. The minimum Gasteiger partial charge on any atom is -0.493 e. The number of carbonyl (C=O) groups is 2. The van der Waals surface area contributed by atoms with E-state index in [1.807, 2.05) is 42.2 Å². The van der Waals surface area contributed by atoms with Crippen molar-refractivity contribution in [2.45, 2.75) is 29.9 Å². The van der Waals surface area contributed by atoms with Gasteiger partial charge in [-0.1, -0.05) is 12.1 Å². The number of nitrogens with zero attached hydrogens (tertiary/aromatic N) is 1. The highest BCUT2D eigenvalue weighted by atomic mass is 32.2. The Balaban J connectivity index is 1.69. The molecular formula is C22H26N2O4S. The Labute approximate surface area is 175 Å². The Morgan fingerprint density at radius 1 is 1.03 bits per heavy atom. The summed E-state index contributed by atoms with van der Waals surface area (Å²) >= 11 is 1.42. The second kappa shape index (κ2) is 9.69. The number of para-hydroxylation sites is 1. The van der Waals surface area contributed by atoms with Crippen LogP contribution in [0.3, 0.4) is 0 Å². The Hall–Kier alpha value is -2.67. The fourth-order valence-electron chi connectivity index (χ4n) is 3.25. The molecule has 1 heterocycles. The zero-order chi connectivity index (χ0) is 20.8. The number of thioether (sulfide) groups is 1. The molecule has 0 bridgehead atoms. The molecule has 6 nitrogen and oxygen atoms in total. The SMILES string of the molecule is COc1ccc(S[C@H](C)C(=O)Nc2ccccc2C(=O)N2CCCC2)cc1OC. The summed E-state index contributed by atoms with van der Waals surface area (Å²) < 4.78 is 10.6. The van der Waals surface area contributed by atoms with E-state index in [4.69, 9.17) is 9.47 Å². The fraction of sp³-hybridized carbons (Fsp3) is 0.364. The minimum absolute atomic E-state index is 0.0291. The first kappa shape index (κ1) is 21.0. The Kier molecular flexibility index (Phi) is 7.04. The van der Waals surface area contributed by atoms with Gasteiger partial charge in [-0.25, -0.2) is 0 Å². The van der Waals surface area contributed by atoms with E-state index in [1.54, 1.807) is 26.4 Å². The molecule has 1 atom stereocenters. The van der Waals surface area contributed by atoms with Crippen LogP contribution >= 0.6 is 11.8 Å². The van der Waals surface area contributed by atoms with Crippen molar-refractivity contribution in [2.24, 2.45) is 0 Å². The number of hydrogen-bond acceptors (Lipinski definition) is 5. The van der Waals surface area contributed by atoms with E-state index < -0.39 is 0 Å². The van der Waals surface area contributed by atoms with E-state index >= 15 is 0 Å². The summed E-state index contributed by atoms with van der Waals surface area (Å²) in [5.74, 6) is 1.07. The number of carbonyl (C=O) groups excluding carboxylic acids is 2. The van der Waals surface area contributed by atoms with E-state index in [0.717, 1.165) is 30.8 Å². The van der Waals surface area contributed by atoms with Crippen molar-refractivity contribution in [2.75, 3.05) is 32.6 Å². The molecule has 154 valence electrons. The highest BCUT2D eigenvalue weighted by molar-refractivity contribution is 8.00. The zero-order valence-corrected chi connectivity index (χ0v) is 17.8. The molecule has 0 saturated carbocycles. The molecule has 2 aromatic rings. The van der Waals surface area contributed by atoms with Gasteiger partial charge in [0.2, 0.25) is 5.91 Å². The van der Waals surface area contributed by atoms with Crippen LogP contribution in [0.4, 0.5) is 5.69 Å². The summed E-state index contributed by atoms with van der Waals surface area (Å²) in [6.07, 6.45) is 2.05. The molecule has 2 amide bonds. The third-order valence-electron chi connectivity index (χ3n) is 4.85. The van der Waals surface area contributed by atoms with Gasteiger partial charge >= 0.3 is 0 Å². The van der Waals surface area contributed by atoms with Crippen LogP contribution in [0.1, 0.15) is 30.1 Å². The number of nitrogens with one attached hydrogen (secondary N) is 1. The van der Waals surface area contributed by atoms with Gasteiger partial charge in [0.1, 0.15) is 0 Å². The molecular weight excluding hydrogens is 388 g/mol. The smallest absolute Gasteiger partial charge is 0.255 e. The Bertz CT molecular complexity index is 881. The molecule has 0 aliphatic carbocycles. The van der Waals surface area contributed by atoms with Crippen LogP contribution in [0.2, 0.25) is 0 Å². The van der Waals surface area contributed by atoms with Gasteiger partial charge in [0.15, 0.2) is 11.5 Å².